The minimum absolute atomic E-state index is 0.0288. The number of carbonyl (C=O) groups is 1. The minimum Gasteiger partial charge on any atom is -0.389 e. The summed E-state index contributed by atoms with van der Waals surface area (Å²) in [5.74, 6) is 0.696. The summed E-state index contributed by atoms with van der Waals surface area (Å²) in [4.78, 5) is 13.7. The molecule has 1 aromatic heterocycles. The molecule has 1 saturated heterocycles. The number of rotatable bonds is 3. The first-order valence-corrected chi connectivity index (χ1v) is 6.70. The third-order valence-electron chi connectivity index (χ3n) is 3.64. The van der Waals surface area contributed by atoms with Gasteiger partial charge >= 0.3 is 0 Å². The van der Waals surface area contributed by atoms with Crippen molar-refractivity contribution >= 4 is 28.9 Å². The van der Waals surface area contributed by atoms with Crippen LogP contribution in [0.1, 0.15) is 24.1 Å². The summed E-state index contributed by atoms with van der Waals surface area (Å²) >= 11 is 5.11. The highest BCUT2D eigenvalue weighted by molar-refractivity contribution is 7.80. The average molecular weight is 281 g/mol. The van der Waals surface area contributed by atoms with Crippen LogP contribution in [0.4, 0.5) is 5.82 Å². The van der Waals surface area contributed by atoms with E-state index in [1.807, 2.05) is 14.0 Å². The lowest BCUT2D eigenvalue weighted by Crippen LogP contribution is -2.40. The van der Waals surface area contributed by atoms with Crippen molar-refractivity contribution in [2.24, 2.45) is 24.4 Å². The Morgan fingerprint density at radius 3 is 2.42 bits per heavy atom. The van der Waals surface area contributed by atoms with E-state index in [1.54, 1.807) is 4.68 Å². The molecule has 1 aliphatic heterocycles. The number of hydrogen-bond acceptors (Lipinski definition) is 4. The summed E-state index contributed by atoms with van der Waals surface area (Å²) in [7, 11) is 1.88. The second-order valence-electron chi connectivity index (χ2n) is 4.94. The molecule has 1 fully saturated rings. The van der Waals surface area contributed by atoms with Gasteiger partial charge < -0.3 is 16.4 Å². The Morgan fingerprint density at radius 1 is 1.37 bits per heavy atom. The number of nitrogens with zero attached hydrogens (tertiary/aromatic N) is 3. The number of carbonyl (C=O) groups excluding carboxylic acids is 1. The largest absolute Gasteiger partial charge is 0.389 e. The van der Waals surface area contributed by atoms with Crippen molar-refractivity contribution in [1.82, 2.24) is 9.78 Å². The molecule has 0 aliphatic carbocycles. The molecular formula is C12H19N5OS. The smallest absolute Gasteiger partial charge is 0.220 e. The molecule has 0 bridgehead atoms. The summed E-state index contributed by atoms with van der Waals surface area (Å²) in [6.07, 6.45) is 1.52. The summed E-state index contributed by atoms with van der Waals surface area (Å²) in [6.45, 7) is 3.43. The zero-order valence-electron chi connectivity index (χ0n) is 11.2. The lowest BCUT2D eigenvalue weighted by Gasteiger charge is -2.32. The Balaban J connectivity index is 2.24. The maximum Gasteiger partial charge on any atom is 0.220 e. The van der Waals surface area contributed by atoms with Crippen LogP contribution in [-0.4, -0.2) is 33.8 Å². The Hall–Kier alpha value is -1.63. The molecule has 19 heavy (non-hydrogen) atoms. The fraction of sp³-hybridized carbons (Fsp3) is 0.583. The van der Waals surface area contributed by atoms with E-state index in [9.17, 15) is 4.79 Å². The average Bonchev–Trinajstić information content (AvgIpc) is 2.64. The van der Waals surface area contributed by atoms with Gasteiger partial charge in [0.2, 0.25) is 5.91 Å². The first-order valence-electron chi connectivity index (χ1n) is 6.29. The van der Waals surface area contributed by atoms with Gasteiger partial charge in [-0.2, -0.15) is 5.10 Å². The highest BCUT2D eigenvalue weighted by Crippen LogP contribution is 2.27. The predicted molar refractivity (Wildman–Crippen MR) is 78.0 cm³/mol. The third-order valence-corrected chi connectivity index (χ3v) is 3.84. The summed E-state index contributed by atoms with van der Waals surface area (Å²) in [6, 6.07) is 0. The first-order chi connectivity index (χ1) is 8.91. The number of aromatic nitrogens is 2. The Kier molecular flexibility index (Phi) is 3.75. The molecule has 1 aliphatic rings. The van der Waals surface area contributed by atoms with E-state index in [0.717, 1.165) is 43.0 Å². The normalized spacial score (nSPS) is 16.6. The molecule has 0 aromatic carbocycles. The van der Waals surface area contributed by atoms with E-state index >= 15 is 0 Å². The monoisotopic (exact) mass is 281 g/mol. The van der Waals surface area contributed by atoms with Crippen LogP contribution in [0.3, 0.4) is 0 Å². The molecule has 4 N–H and O–H groups in total. The van der Waals surface area contributed by atoms with E-state index in [1.165, 1.54) is 0 Å². The molecule has 2 heterocycles. The molecule has 1 amide bonds. The van der Waals surface area contributed by atoms with Crippen LogP contribution in [-0.2, 0) is 11.8 Å². The number of piperidine rings is 1. The Labute approximate surface area is 117 Å². The molecule has 7 heteroatoms. The van der Waals surface area contributed by atoms with Crippen molar-refractivity contribution < 1.29 is 4.79 Å². The summed E-state index contributed by atoms with van der Waals surface area (Å²) in [5, 5.41) is 4.38. The lowest BCUT2D eigenvalue weighted by molar-refractivity contribution is -0.122. The topological polar surface area (TPSA) is 90.2 Å². The van der Waals surface area contributed by atoms with Gasteiger partial charge in [0.15, 0.2) is 0 Å². The van der Waals surface area contributed by atoms with Crippen molar-refractivity contribution in [2.75, 3.05) is 18.0 Å². The van der Waals surface area contributed by atoms with Crippen LogP contribution < -0.4 is 16.4 Å². The number of anilines is 1. The fourth-order valence-corrected chi connectivity index (χ4v) is 2.91. The number of thiocarbonyl (C=S) groups is 1. The molecular weight excluding hydrogens is 262 g/mol. The van der Waals surface area contributed by atoms with E-state index < -0.39 is 0 Å². The second kappa shape index (κ2) is 5.16. The van der Waals surface area contributed by atoms with E-state index in [2.05, 4.69) is 10.00 Å². The number of hydrogen-bond donors (Lipinski definition) is 2. The van der Waals surface area contributed by atoms with Gasteiger partial charge in [-0.1, -0.05) is 12.2 Å². The van der Waals surface area contributed by atoms with Crippen molar-refractivity contribution in [3.05, 3.63) is 11.3 Å². The zero-order chi connectivity index (χ0) is 14.2. The third kappa shape index (κ3) is 2.56. The highest BCUT2D eigenvalue weighted by Gasteiger charge is 2.27. The standard InChI is InChI=1S/C12H19N5OS/c1-7-9(11(14)19)12(16(2)15-7)17-5-3-8(4-6-17)10(13)18/h8H,3-6H2,1-2H3,(H2,13,18)(H2,14,19). The summed E-state index contributed by atoms with van der Waals surface area (Å²) in [5.41, 5.74) is 12.8. The molecule has 0 radical (unpaired) electrons. The summed E-state index contributed by atoms with van der Waals surface area (Å²) < 4.78 is 1.80. The van der Waals surface area contributed by atoms with Crippen LogP contribution in [0.2, 0.25) is 0 Å². The molecule has 0 spiro atoms. The van der Waals surface area contributed by atoms with Gasteiger partial charge in [0.25, 0.3) is 0 Å². The lowest BCUT2D eigenvalue weighted by atomic mass is 9.96. The van der Waals surface area contributed by atoms with E-state index in [-0.39, 0.29) is 11.8 Å². The molecule has 104 valence electrons. The molecule has 0 unspecified atom stereocenters. The van der Waals surface area contributed by atoms with Gasteiger partial charge in [-0.3, -0.25) is 9.48 Å². The van der Waals surface area contributed by atoms with E-state index in [4.69, 9.17) is 23.7 Å². The predicted octanol–water partition coefficient (Wildman–Crippen LogP) is 0.0644. The van der Waals surface area contributed by atoms with Gasteiger partial charge in [-0.15, -0.1) is 0 Å². The van der Waals surface area contributed by atoms with Crippen LogP contribution in [0.15, 0.2) is 0 Å². The minimum atomic E-state index is -0.213. The van der Waals surface area contributed by atoms with Crippen molar-refractivity contribution in [1.29, 1.82) is 0 Å². The van der Waals surface area contributed by atoms with Crippen molar-refractivity contribution in [3.8, 4) is 0 Å². The zero-order valence-corrected chi connectivity index (χ0v) is 12.0. The number of aryl methyl sites for hydroxylation is 2. The van der Waals surface area contributed by atoms with Crippen molar-refractivity contribution in [3.63, 3.8) is 0 Å². The van der Waals surface area contributed by atoms with Gasteiger partial charge in [0, 0.05) is 26.1 Å². The molecule has 6 nitrogen and oxygen atoms in total. The van der Waals surface area contributed by atoms with Gasteiger partial charge in [-0.05, 0) is 19.8 Å². The van der Waals surface area contributed by atoms with Crippen molar-refractivity contribution in [2.45, 2.75) is 19.8 Å². The number of primary amides is 1. The molecule has 0 atom stereocenters. The molecule has 0 saturated carbocycles. The van der Waals surface area contributed by atoms with Crippen LogP contribution in [0.25, 0.3) is 0 Å². The molecule has 2 rings (SSSR count). The Bertz CT molecular complexity index is 516. The fourth-order valence-electron chi connectivity index (χ4n) is 2.67. The first kappa shape index (κ1) is 13.8. The Morgan fingerprint density at radius 2 is 1.95 bits per heavy atom. The second-order valence-corrected chi connectivity index (χ2v) is 5.38. The maximum atomic E-state index is 11.2. The SMILES string of the molecule is Cc1nn(C)c(N2CCC(C(N)=O)CC2)c1C(N)=S. The van der Waals surface area contributed by atoms with Crippen LogP contribution in [0.5, 0.6) is 0 Å². The number of amides is 1. The van der Waals surface area contributed by atoms with Gasteiger partial charge in [0.1, 0.15) is 10.8 Å². The van der Waals surface area contributed by atoms with Crippen LogP contribution in [0, 0.1) is 12.8 Å². The maximum absolute atomic E-state index is 11.2. The van der Waals surface area contributed by atoms with Gasteiger partial charge in [-0.25, -0.2) is 0 Å². The van der Waals surface area contributed by atoms with Crippen LogP contribution >= 0.6 is 12.2 Å². The van der Waals surface area contributed by atoms with E-state index in [0.29, 0.717) is 4.99 Å². The highest BCUT2D eigenvalue weighted by atomic mass is 32.1. The van der Waals surface area contributed by atoms with Gasteiger partial charge in [0.05, 0.1) is 11.3 Å². The number of nitrogens with two attached hydrogens (primary N) is 2. The molecule has 1 aromatic rings. The quantitative estimate of drug-likeness (QED) is 0.765.